The van der Waals surface area contributed by atoms with Gasteiger partial charge in [-0.25, -0.2) is 0 Å². The van der Waals surface area contributed by atoms with Crippen LogP contribution in [0.3, 0.4) is 0 Å². The number of fused-ring (bicyclic) bond motifs is 3. The molecule has 160 valence electrons. The van der Waals surface area contributed by atoms with Crippen molar-refractivity contribution in [3.63, 3.8) is 0 Å². The number of nitrogens with one attached hydrogen (secondary N) is 1. The molecule has 2 aromatic carbocycles. The van der Waals surface area contributed by atoms with Gasteiger partial charge in [-0.05, 0) is 61.2 Å². The highest BCUT2D eigenvalue weighted by molar-refractivity contribution is 6.04. The molecule has 1 saturated heterocycles. The molecule has 3 aliphatic rings. The highest BCUT2D eigenvalue weighted by Crippen LogP contribution is 2.33. The maximum Gasteiger partial charge on any atom is 0.257 e. The monoisotopic (exact) mass is 420 g/mol. The van der Waals surface area contributed by atoms with E-state index in [1.165, 1.54) is 6.08 Å². The molecule has 3 heterocycles. The van der Waals surface area contributed by atoms with Crippen LogP contribution < -0.4 is 19.5 Å². The zero-order valence-electron chi connectivity index (χ0n) is 17.1. The molecule has 7 heteroatoms. The molecule has 0 saturated carbocycles. The quantitative estimate of drug-likeness (QED) is 0.764. The number of rotatable bonds is 3. The molecule has 1 unspecified atom stereocenters. The molecule has 0 aromatic heterocycles. The van der Waals surface area contributed by atoms with Crippen molar-refractivity contribution in [3.8, 4) is 17.2 Å². The second-order valence-electron chi connectivity index (χ2n) is 7.93. The van der Waals surface area contributed by atoms with Gasteiger partial charge < -0.3 is 24.4 Å². The lowest BCUT2D eigenvalue weighted by Gasteiger charge is -2.37. The Kier molecular flexibility index (Phi) is 5.24. The third-order valence-electron chi connectivity index (χ3n) is 5.90. The molecule has 2 amide bonds. The van der Waals surface area contributed by atoms with Crippen LogP contribution in [0.15, 0.2) is 42.5 Å². The number of benzene rings is 2. The third-order valence-corrected chi connectivity index (χ3v) is 5.90. The summed E-state index contributed by atoms with van der Waals surface area (Å²) in [5.41, 5.74) is 1.90. The van der Waals surface area contributed by atoms with Crippen molar-refractivity contribution in [2.75, 3.05) is 25.3 Å². The number of piperidine rings is 1. The summed E-state index contributed by atoms with van der Waals surface area (Å²) in [6.07, 6.45) is 7.21. The average Bonchev–Trinajstić information content (AvgIpc) is 3.25. The van der Waals surface area contributed by atoms with Gasteiger partial charge in [0.1, 0.15) is 5.75 Å². The van der Waals surface area contributed by atoms with Gasteiger partial charge in [0.2, 0.25) is 12.7 Å². The fourth-order valence-electron chi connectivity index (χ4n) is 4.30. The summed E-state index contributed by atoms with van der Waals surface area (Å²) in [7, 11) is 0. The van der Waals surface area contributed by atoms with Gasteiger partial charge in [0.15, 0.2) is 11.5 Å². The van der Waals surface area contributed by atoms with Gasteiger partial charge in [-0.1, -0.05) is 6.07 Å². The number of hydrogen-bond donors (Lipinski definition) is 1. The Balaban J connectivity index is 1.31. The fourth-order valence-corrected chi connectivity index (χ4v) is 4.30. The summed E-state index contributed by atoms with van der Waals surface area (Å²) in [5, 5.41) is 2.84. The van der Waals surface area contributed by atoms with Crippen LogP contribution >= 0.6 is 0 Å². The maximum absolute atomic E-state index is 13.2. The smallest absolute Gasteiger partial charge is 0.257 e. The van der Waals surface area contributed by atoms with E-state index in [1.807, 2.05) is 23.1 Å². The molecule has 31 heavy (non-hydrogen) atoms. The van der Waals surface area contributed by atoms with Crippen LogP contribution in [0, 0.1) is 0 Å². The van der Waals surface area contributed by atoms with Gasteiger partial charge in [-0.15, -0.1) is 0 Å². The minimum atomic E-state index is -0.285. The van der Waals surface area contributed by atoms with Gasteiger partial charge in [0.05, 0.1) is 12.2 Å². The zero-order valence-corrected chi connectivity index (χ0v) is 17.1. The topological polar surface area (TPSA) is 77.1 Å². The Hall–Kier alpha value is -3.48. The summed E-state index contributed by atoms with van der Waals surface area (Å²) in [6.45, 7) is 1.57. The molecule has 1 atom stereocenters. The molecule has 0 spiro atoms. The van der Waals surface area contributed by atoms with Crippen LogP contribution in [-0.4, -0.2) is 42.7 Å². The van der Waals surface area contributed by atoms with E-state index in [-0.39, 0.29) is 24.6 Å². The molecule has 1 fully saturated rings. The molecule has 5 rings (SSSR count). The lowest BCUT2D eigenvalue weighted by Crippen LogP contribution is -2.45. The molecule has 7 nitrogen and oxygen atoms in total. The van der Waals surface area contributed by atoms with Crippen LogP contribution in [0.5, 0.6) is 17.2 Å². The standard InChI is InChI=1S/C24H24N2O5/c27-23(9-5-16-4-7-21-22(13-16)31-15-30-21)25-17-6-8-20-19(14-17)24(28)26-11-2-1-3-18(26)10-12-29-20/h4-9,13-14,18H,1-3,10-12,15H2,(H,25,27)/b9-5+. The Morgan fingerprint density at radius 2 is 1.87 bits per heavy atom. The summed E-state index contributed by atoms with van der Waals surface area (Å²) in [4.78, 5) is 27.6. The van der Waals surface area contributed by atoms with Crippen molar-refractivity contribution in [1.29, 1.82) is 0 Å². The first-order valence-corrected chi connectivity index (χ1v) is 10.6. The number of nitrogens with zero attached hydrogens (tertiary/aromatic N) is 1. The van der Waals surface area contributed by atoms with Crippen molar-refractivity contribution in [2.24, 2.45) is 0 Å². The summed E-state index contributed by atoms with van der Waals surface area (Å²) >= 11 is 0. The molecular weight excluding hydrogens is 396 g/mol. The summed E-state index contributed by atoms with van der Waals surface area (Å²) in [5.74, 6) is 1.63. The zero-order chi connectivity index (χ0) is 21.2. The lowest BCUT2D eigenvalue weighted by molar-refractivity contribution is -0.111. The van der Waals surface area contributed by atoms with Crippen molar-refractivity contribution in [1.82, 2.24) is 4.90 Å². The van der Waals surface area contributed by atoms with Crippen molar-refractivity contribution in [2.45, 2.75) is 31.7 Å². The molecule has 0 radical (unpaired) electrons. The Morgan fingerprint density at radius 3 is 2.81 bits per heavy atom. The van der Waals surface area contributed by atoms with E-state index in [0.717, 1.165) is 37.8 Å². The highest BCUT2D eigenvalue weighted by Gasteiger charge is 2.31. The van der Waals surface area contributed by atoms with E-state index in [9.17, 15) is 9.59 Å². The fraction of sp³-hybridized carbons (Fsp3) is 0.333. The van der Waals surface area contributed by atoms with Crippen LogP contribution in [0.1, 0.15) is 41.6 Å². The maximum atomic E-state index is 13.2. The van der Waals surface area contributed by atoms with E-state index in [2.05, 4.69) is 5.32 Å². The van der Waals surface area contributed by atoms with E-state index >= 15 is 0 Å². The van der Waals surface area contributed by atoms with Gasteiger partial charge >= 0.3 is 0 Å². The van der Waals surface area contributed by atoms with Gasteiger partial charge in [0, 0.05) is 30.8 Å². The van der Waals surface area contributed by atoms with E-state index in [0.29, 0.717) is 35.1 Å². The third kappa shape index (κ3) is 4.08. The molecule has 3 aliphatic heterocycles. The minimum Gasteiger partial charge on any atom is -0.493 e. The molecule has 1 N–H and O–H groups in total. The van der Waals surface area contributed by atoms with E-state index in [1.54, 1.807) is 24.3 Å². The number of ether oxygens (including phenoxy) is 3. The van der Waals surface area contributed by atoms with Crippen LogP contribution in [0.25, 0.3) is 6.08 Å². The molecule has 2 aromatic rings. The Bertz CT molecular complexity index is 1050. The van der Waals surface area contributed by atoms with Gasteiger partial charge in [-0.2, -0.15) is 0 Å². The van der Waals surface area contributed by atoms with Crippen LogP contribution in [-0.2, 0) is 4.79 Å². The van der Waals surface area contributed by atoms with E-state index < -0.39 is 0 Å². The summed E-state index contributed by atoms with van der Waals surface area (Å²) in [6, 6.07) is 10.9. The largest absolute Gasteiger partial charge is 0.493 e. The van der Waals surface area contributed by atoms with Crippen LogP contribution in [0.2, 0.25) is 0 Å². The first kappa shape index (κ1) is 19.5. The first-order chi connectivity index (χ1) is 15.2. The van der Waals surface area contributed by atoms with E-state index in [4.69, 9.17) is 14.2 Å². The molecule has 0 bridgehead atoms. The van der Waals surface area contributed by atoms with Crippen molar-refractivity contribution >= 4 is 23.6 Å². The Morgan fingerprint density at radius 1 is 1.00 bits per heavy atom. The Labute approximate surface area is 180 Å². The normalized spacial score (nSPS) is 19.8. The second kappa shape index (κ2) is 8.34. The van der Waals surface area contributed by atoms with Gasteiger partial charge in [0.25, 0.3) is 5.91 Å². The number of amides is 2. The number of carbonyl (C=O) groups is 2. The summed E-state index contributed by atoms with van der Waals surface area (Å²) < 4.78 is 16.5. The molecular formula is C24H24N2O5. The van der Waals surface area contributed by atoms with Gasteiger partial charge in [-0.3, -0.25) is 9.59 Å². The highest BCUT2D eigenvalue weighted by atomic mass is 16.7. The predicted molar refractivity (Wildman–Crippen MR) is 115 cm³/mol. The van der Waals surface area contributed by atoms with Crippen molar-refractivity contribution in [3.05, 3.63) is 53.6 Å². The lowest BCUT2D eigenvalue weighted by atomic mass is 9.97. The number of hydrogen-bond acceptors (Lipinski definition) is 5. The molecule has 0 aliphatic carbocycles. The average molecular weight is 420 g/mol. The first-order valence-electron chi connectivity index (χ1n) is 10.6. The SMILES string of the molecule is O=C(/C=C/c1ccc2c(c1)OCO2)Nc1ccc2c(c1)C(=O)N1CCCCC1CCO2. The van der Waals surface area contributed by atoms with Crippen LogP contribution in [0.4, 0.5) is 5.69 Å². The number of anilines is 1. The van der Waals surface area contributed by atoms with Crippen molar-refractivity contribution < 1.29 is 23.8 Å². The predicted octanol–water partition coefficient (Wildman–Crippen LogP) is 3.84. The second-order valence-corrected chi connectivity index (χ2v) is 7.93. The minimum absolute atomic E-state index is 0.0219. The number of carbonyl (C=O) groups excluding carboxylic acids is 2.